The lowest BCUT2D eigenvalue weighted by Gasteiger charge is -2.37. The van der Waals surface area contributed by atoms with Crippen LogP contribution in [0.3, 0.4) is 0 Å². The Hall–Kier alpha value is -1.59. The molecule has 27 heavy (non-hydrogen) atoms. The van der Waals surface area contributed by atoms with E-state index in [0.29, 0.717) is 42.9 Å². The zero-order valence-corrected chi connectivity index (χ0v) is 16.3. The number of hydrogen-bond acceptors (Lipinski definition) is 3. The summed E-state index contributed by atoms with van der Waals surface area (Å²) in [5.41, 5.74) is 0.413. The average molecular weight is 391 g/mol. The summed E-state index contributed by atoms with van der Waals surface area (Å²) in [5.74, 6) is -0.0881. The van der Waals surface area contributed by atoms with Gasteiger partial charge in [0, 0.05) is 48.3 Å². The normalized spacial score (nSPS) is 25.1. The Balaban J connectivity index is 1.53. The third-order valence-corrected chi connectivity index (χ3v) is 6.75. The Morgan fingerprint density at radius 2 is 1.93 bits per heavy atom. The standard InChI is InChI=1S/C21H27ClN2O3/c22-16-5-3-4-15(12-16)20(26)24-13-18(19(25)23-17-6-1-2-7-17)21(14-24)8-10-27-11-9-21/h3-5,12,17-18H,1-2,6-11,13-14H2,(H,23,25). The number of carbonyl (C=O) groups is 2. The van der Waals surface area contributed by atoms with E-state index in [4.69, 9.17) is 16.3 Å². The second-order valence-corrected chi connectivity index (χ2v) is 8.65. The van der Waals surface area contributed by atoms with Crippen LogP contribution in [0.1, 0.15) is 48.9 Å². The van der Waals surface area contributed by atoms with Crippen molar-refractivity contribution in [1.82, 2.24) is 10.2 Å². The predicted octanol–water partition coefficient (Wildman–Crippen LogP) is 3.27. The van der Waals surface area contributed by atoms with Crippen LogP contribution in [0.2, 0.25) is 5.02 Å². The monoisotopic (exact) mass is 390 g/mol. The van der Waals surface area contributed by atoms with Gasteiger partial charge in [-0.1, -0.05) is 30.5 Å². The Labute approximate surface area is 165 Å². The van der Waals surface area contributed by atoms with Crippen molar-refractivity contribution in [3.63, 3.8) is 0 Å². The van der Waals surface area contributed by atoms with Gasteiger partial charge in [0.1, 0.15) is 0 Å². The van der Waals surface area contributed by atoms with Gasteiger partial charge < -0.3 is 15.0 Å². The molecule has 2 heterocycles. The number of hydrogen-bond donors (Lipinski definition) is 1. The first-order chi connectivity index (χ1) is 13.1. The number of likely N-dealkylation sites (tertiary alicyclic amines) is 1. The van der Waals surface area contributed by atoms with Gasteiger partial charge in [0.25, 0.3) is 5.91 Å². The molecule has 1 N–H and O–H groups in total. The molecule has 1 atom stereocenters. The zero-order chi connectivity index (χ0) is 18.9. The first kappa shape index (κ1) is 18.8. The molecule has 3 fully saturated rings. The lowest BCUT2D eigenvalue weighted by Crippen LogP contribution is -2.46. The number of carbonyl (C=O) groups excluding carboxylic acids is 2. The van der Waals surface area contributed by atoms with Crippen LogP contribution in [0.15, 0.2) is 24.3 Å². The quantitative estimate of drug-likeness (QED) is 0.861. The number of nitrogens with zero attached hydrogens (tertiary/aromatic N) is 1. The highest BCUT2D eigenvalue weighted by Crippen LogP contribution is 2.45. The molecule has 0 radical (unpaired) electrons. The smallest absolute Gasteiger partial charge is 0.253 e. The van der Waals surface area contributed by atoms with Crippen LogP contribution in [0, 0.1) is 11.3 Å². The molecule has 1 unspecified atom stereocenters. The second-order valence-electron chi connectivity index (χ2n) is 8.21. The van der Waals surface area contributed by atoms with Crippen molar-refractivity contribution in [3.8, 4) is 0 Å². The molecule has 146 valence electrons. The molecule has 2 amide bonds. The lowest BCUT2D eigenvalue weighted by atomic mass is 9.71. The molecule has 2 aliphatic heterocycles. The fourth-order valence-corrected chi connectivity index (χ4v) is 5.14. The van der Waals surface area contributed by atoms with Gasteiger partial charge in [-0.15, -0.1) is 0 Å². The zero-order valence-electron chi connectivity index (χ0n) is 15.6. The van der Waals surface area contributed by atoms with Gasteiger partial charge >= 0.3 is 0 Å². The lowest BCUT2D eigenvalue weighted by molar-refractivity contribution is -0.130. The van der Waals surface area contributed by atoms with E-state index in [1.807, 2.05) is 4.90 Å². The summed E-state index contributed by atoms with van der Waals surface area (Å²) in [5, 5.41) is 3.81. The molecule has 5 nitrogen and oxygen atoms in total. The van der Waals surface area contributed by atoms with Gasteiger partial charge in [-0.2, -0.15) is 0 Å². The number of halogens is 1. The number of amides is 2. The van der Waals surface area contributed by atoms with Crippen molar-refractivity contribution in [2.24, 2.45) is 11.3 Å². The fourth-order valence-electron chi connectivity index (χ4n) is 4.95. The summed E-state index contributed by atoms with van der Waals surface area (Å²) < 4.78 is 5.56. The van der Waals surface area contributed by atoms with E-state index >= 15 is 0 Å². The maximum Gasteiger partial charge on any atom is 0.253 e. The van der Waals surface area contributed by atoms with E-state index in [2.05, 4.69) is 5.32 Å². The fraction of sp³-hybridized carbons (Fsp3) is 0.619. The van der Waals surface area contributed by atoms with Gasteiger partial charge in [-0.3, -0.25) is 9.59 Å². The Kier molecular flexibility index (Phi) is 5.42. The van der Waals surface area contributed by atoms with Crippen LogP contribution in [0.5, 0.6) is 0 Å². The minimum absolute atomic E-state index is 0.0421. The summed E-state index contributed by atoms with van der Waals surface area (Å²) in [6.07, 6.45) is 6.17. The molecule has 1 saturated carbocycles. The van der Waals surface area contributed by atoms with Crippen molar-refractivity contribution < 1.29 is 14.3 Å². The summed E-state index contributed by atoms with van der Waals surface area (Å²) in [6.45, 7) is 2.41. The largest absolute Gasteiger partial charge is 0.381 e. The molecule has 2 saturated heterocycles. The van der Waals surface area contributed by atoms with Gasteiger partial charge in [-0.05, 0) is 43.9 Å². The van der Waals surface area contributed by atoms with Crippen molar-refractivity contribution in [2.45, 2.75) is 44.6 Å². The molecular weight excluding hydrogens is 364 g/mol. The third-order valence-electron chi connectivity index (χ3n) is 6.51. The topological polar surface area (TPSA) is 58.6 Å². The molecule has 0 bridgehead atoms. The van der Waals surface area contributed by atoms with Gasteiger partial charge in [0.05, 0.1) is 5.92 Å². The average Bonchev–Trinajstić information content (AvgIpc) is 3.30. The number of benzene rings is 1. The van der Waals surface area contributed by atoms with Crippen LogP contribution < -0.4 is 5.32 Å². The number of nitrogens with one attached hydrogen (secondary N) is 1. The van der Waals surface area contributed by atoms with Crippen LogP contribution in [0.4, 0.5) is 0 Å². The highest BCUT2D eigenvalue weighted by Gasteiger charge is 2.52. The molecule has 6 heteroatoms. The first-order valence-corrected chi connectivity index (χ1v) is 10.4. The Morgan fingerprint density at radius 1 is 1.19 bits per heavy atom. The molecule has 4 rings (SSSR count). The van der Waals surface area contributed by atoms with E-state index < -0.39 is 0 Å². The summed E-state index contributed by atoms with van der Waals surface area (Å²) in [4.78, 5) is 28.0. The number of ether oxygens (including phenoxy) is 1. The summed E-state index contributed by atoms with van der Waals surface area (Å²) in [7, 11) is 0. The Bertz CT molecular complexity index is 711. The second kappa shape index (κ2) is 7.80. The van der Waals surface area contributed by atoms with E-state index in [1.54, 1.807) is 24.3 Å². The van der Waals surface area contributed by atoms with Crippen molar-refractivity contribution >= 4 is 23.4 Å². The minimum atomic E-state index is -0.171. The van der Waals surface area contributed by atoms with E-state index in [9.17, 15) is 9.59 Å². The molecule has 1 aromatic carbocycles. The molecule has 3 aliphatic rings. The van der Waals surface area contributed by atoms with E-state index in [1.165, 1.54) is 12.8 Å². The maximum absolute atomic E-state index is 13.1. The molecule has 1 spiro atoms. The maximum atomic E-state index is 13.1. The van der Waals surface area contributed by atoms with Crippen molar-refractivity contribution in [2.75, 3.05) is 26.3 Å². The van der Waals surface area contributed by atoms with Gasteiger partial charge in [0.2, 0.25) is 5.91 Å². The van der Waals surface area contributed by atoms with E-state index in [-0.39, 0.29) is 23.1 Å². The highest BCUT2D eigenvalue weighted by molar-refractivity contribution is 6.30. The summed E-state index contributed by atoms with van der Waals surface area (Å²) in [6, 6.07) is 7.34. The molecular formula is C21H27ClN2O3. The van der Waals surface area contributed by atoms with Crippen molar-refractivity contribution in [3.05, 3.63) is 34.9 Å². The van der Waals surface area contributed by atoms with Crippen LogP contribution in [-0.4, -0.2) is 49.1 Å². The van der Waals surface area contributed by atoms with Crippen molar-refractivity contribution in [1.29, 1.82) is 0 Å². The third kappa shape index (κ3) is 3.85. The molecule has 0 aromatic heterocycles. The molecule has 1 aliphatic carbocycles. The van der Waals surface area contributed by atoms with Crippen LogP contribution >= 0.6 is 11.6 Å². The van der Waals surface area contributed by atoms with Crippen LogP contribution in [0.25, 0.3) is 0 Å². The highest BCUT2D eigenvalue weighted by atomic mass is 35.5. The van der Waals surface area contributed by atoms with Crippen LogP contribution in [-0.2, 0) is 9.53 Å². The minimum Gasteiger partial charge on any atom is -0.381 e. The SMILES string of the molecule is O=C(NC1CCCC1)C1CN(C(=O)c2cccc(Cl)c2)CC12CCOCC2. The number of rotatable bonds is 3. The predicted molar refractivity (Wildman–Crippen MR) is 104 cm³/mol. The van der Waals surface area contributed by atoms with E-state index in [0.717, 1.165) is 25.7 Å². The first-order valence-electron chi connectivity index (χ1n) is 10.0. The van der Waals surface area contributed by atoms with Gasteiger partial charge in [0.15, 0.2) is 0 Å². The Morgan fingerprint density at radius 3 is 2.63 bits per heavy atom. The summed E-state index contributed by atoms with van der Waals surface area (Å²) >= 11 is 6.06. The molecule has 1 aromatic rings. The van der Waals surface area contributed by atoms with Gasteiger partial charge in [-0.25, -0.2) is 0 Å².